The highest BCUT2D eigenvalue weighted by Crippen LogP contribution is 2.31. The summed E-state index contributed by atoms with van der Waals surface area (Å²) in [5.41, 5.74) is -0.153. The van der Waals surface area contributed by atoms with Gasteiger partial charge in [0.1, 0.15) is 0 Å². The molecule has 2 aromatic heterocycles. The zero-order valence-corrected chi connectivity index (χ0v) is 17.4. The van der Waals surface area contributed by atoms with Crippen molar-refractivity contribution in [2.45, 2.75) is 12.8 Å². The van der Waals surface area contributed by atoms with Gasteiger partial charge in [-0.2, -0.15) is 4.98 Å². The molecule has 0 radical (unpaired) electrons. The van der Waals surface area contributed by atoms with E-state index in [9.17, 15) is 23.1 Å². The number of nitrogens with zero attached hydrogens (tertiary/aromatic N) is 5. The Morgan fingerprint density at radius 1 is 1.18 bits per heavy atom. The highest BCUT2D eigenvalue weighted by atomic mass is 19.3. The van der Waals surface area contributed by atoms with Crippen molar-refractivity contribution in [3.63, 3.8) is 0 Å². The van der Waals surface area contributed by atoms with Crippen LogP contribution in [0.15, 0.2) is 36.5 Å². The summed E-state index contributed by atoms with van der Waals surface area (Å²) in [7, 11) is 0. The maximum atomic E-state index is 14.4. The van der Waals surface area contributed by atoms with Crippen LogP contribution in [0.3, 0.4) is 0 Å². The Morgan fingerprint density at radius 3 is 2.52 bits per heavy atom. The lowest BCUT2D eigenvalue weighted by atomic mass is 10.0. The number of benzene rings is 1. The van der Waals surface area contributed by atoms with Crippen LogP contribution in [0.25, 0.3) is 11.1 Å². The number of carboxylic acids is 1. The van der Waals surface area contributed by atoms with Crippen molar-refractivity contribution in [3.8, 4) is 11.1 Å². The lowest BCUT2D eigenvalue weighted by Gasteiger charge is -2.26. The average molecular weight is 460 g/mol. The lowest BCUT2D eigenvalue weighted by molar-refractivity contribution is 0.0175. The predicted molar refractivity (Wildman–Crippen MR) is 112 cm³/mol. The summed E-state index contributed by atoms with van der Waals surface area (Å²) in [6, 6.07) is 6.47. The number of ether oxygens (including phenoxy) is 1. The molecule has 2 N–H and O–H groups in total. The molecule has 1 fully saturated rings. The monoisotopic (exact) mass is 460 g/mol. The molecule has 1 aliphatic rings. The van der Waals surface area contributed by atoms with E-state index in [-0.39, 0.29) is 28.5 Å². The number of hydrogen-bond donors (Lipinski definition) is 2. The smallest absolute Gasteiger partial charge is 0.357 e. The molecule has 0 unspecified atom stereocenters. The van der Waals surface area contributed by atoms with Crippen LogP contribution in [-0.4, -0.2) is 57.5 Å². The Balaban J connectivity index is 1.66. The van der Waals surface area contributed by atoms with E-state index in [0.29, 0.717) is 37.8 Å². The number of anilines is 3. The molecule has 4 rings (SSSR count). The third-order valence-corrected chi connectivity index (χ3v) is 4.97. The number of nitrogens with one attached hydrogen (secondary N) is 1. The van der Waals surface area contributed by atoms with Gasteiger partial charge >= 0.3 is 5.97 Å². The third kappa shape index (κ3) is 5.00. The van der Waals surface area contributed by atoms with Gasteiger partial charge in [0.05, 0.1) is 19.4 Å². The van der Waals surface area contributed by atoms with Crippen molar-refractivity contribution in [2.24, 2.45) is 0 Å². The number of carboxylic acid groups (broad SMARTS) is 1. The molecule has 0 saturated carbocycles. The summed E-state index contributed by atoms with van der Waals surface area (Å²) in [6.07, 6.45) is 1.02. The number of hydrogen-bond acceptors (Lipinski definition) is 8. The van der Waals surface area contributed by atoms with Gasteiger partial charge in [-0.25, -0.2) is 22.9 Å². The van der Waals surface area contributed by atoms with Crippen LogP contribution in [0.4, 0.5) is 30.8 Å². The van der Waals surface area contributed by atoms with Crippen molar-refractivity contribution < 1.29 is 27.8 Å². The maximum absolute atomic E-state index is 14.4. The Labute approximate surface area is 186 Å². The quantitative estimate of drug-likeness (QED) is 0.571. The standard InChI is InChI=1S/C21H19F3N6O3/c1-21(23,24)13-4-2-12(3-5-13)14-10-16(28-29-17(14)19(31)32)26-18-15(22)11-25-20(27-18)30-6-8-33-9-7-30/h2-5,10-11H,6-9H2,1H3,(H,31,32)(H,25,26,27,28). The van der Waals surface area contributed by atoms with E-state index in [1.54, 1.807) is 0 Å². The van der Waals surface area contributed by atoms with Crippen LogP contribution in [0.1, 0.15) is 23.0 Å². The van der Waals surface area contributed by atoms with Crippen LogP contribution in [0.2, 0.25) is 0 Å². The van der Waals surface area contributed by atoms with Crippen LogP contribution >= 0.6 is 0 Å². The van der Waals surface area contributed by atoms with E-state index in [4.69, 9.17) is 4.74 Å². The number of halogens is 3. The van der Waals surface area contributed by atoms with Gasteiger partial charge in [-0.15, -0.1) is 10.2 Å². The van der Waals surface area contributed by atoms with E-state index < -0.39 is 17.7 Å². The molecule has 9 nitrogen and oxygen atoms in total. The Hall–Kier alpha value is -3.80. The van der Waals surface area contributed by atoms with Gasteiger partial charge in [0.2, 0.25) is 5.95 Å². The summed E-state index contributed by atoms with van der Waals surface area (Å²) in [6.45, 7) is 2.86. The zero-order valence-electron chi connectivity index (χ0n) is 17.4. The average Bonchev–Trinajstić information content (AvgIpc) is 2.80. The summed E-state index contributed by atoms with van der Waals surface area (Å²) in [5, 5.41) is 19.7. The molecule has 3 heterocycles. The summed E-state index contributed by atoms with van der Waals surface area (Å²) in [5.74, 6) is -4.99. The largest absolute Gasteiger partial charge is 0.476 e. The van der Waals surface area contributed by atoms with Gasteiger partial charge in [-0.1, -0.05) is 24.3 Å². The lowest BCUT2D eigenvalue weighted by Crippen LogP contribution is -2.37. The third-order valence-electron chi connectivity index (χ3n) is 4.97. The Morgan fingerprint density at radius 2 is 1.88 bits per heavy atom. The number of alkyl halides is 2. The first-order valence-corrected chi connectivity index (χ1v) is 9.94. The molecular weight excluding hydrogens is 441 g/mol. The van der Waals surface area contributed by atoms with Crippen LogP contribution in [0, 0.1) is 5.82 Å². The molecule has 3 aromatic rings. The van der Waals surface area contributed by atoms with E-state index in [2.05, 4.69) is 25.5 Å². The first kappa shape index (κ1) is 22.4. The summed E-state index contributed by atoms with van der Waals surface area (Å²) >= 11 is 0. The fraction of sp³-hybridized carbons (Fsp3) is 0.286. The Kier molecular flexibility index (Phi) is 6.09. The number of rotatable bonds is 6. The highest BCUT2D eigenvalue weighted by molar-refractivity contribution is 5.94. The SMILES string of the molecule is CC(F)(F)c1ccc(-c2cc(Nc3nc(N4CCOCC4)ncc3F)nnc2C(=O)O)cc1. The zero-order chi connectivity index (χ0) is 23.6. The van der Waals surface area contributed by atoms with Gasteiger partial charge < -0.3 is 20.1 Å². The van der Waals surface area contributed by atoms with E-state index >= 15 is 0 Å². The highest BCUT2D eigenvalue weighted by Gasteiger charge is 2.24. The second kappa shape index (κ2) is 8.98. The molecule has 0 bridgehead atoms. The van der Waals surface area contributed by atoms with Crippen molar-refractivity contribution in [2.75, 3.05) is 36.5 Å². The second-order valence-corrected chi connectivity index (χ2v) is 7.35. The van der Waals surface area contributed by atoms with Crippen LogP contribution in [0.5, 0.6) is 0 Å². The minimum absolute atomic E-state index is 0.0189. The van der Waals surface area contributed by atoms with Crippen LogP contribution in [-0.2, 0) is 10.7 Å². The molecule has 1 aliphatic heterocycles. The first-order valence-electron chi connectivity index (χ1n) is 9.94. The minimum atomic E-state index is -3.04. The molecule has 33 heavy (non-hydrogen) atoms. The topological polar surface area (TPSA) is 113 Å². The second-order valence-electron chi connectivity index (χ2n) is 7.35. The molecule has 0 spiro atoms. The number of aromatic carboxylic acids is 1. The van der Waals surface area contributed by atoms with Crippen molar-refractivity contribution in [1.82, 2.24) is 20.2 Å². The summed E-state index contributed by atoms with van der Waals surface area (Å²) < 4.78 is 46.7. The molecule has 0 atom stereocenters. The fourth-order valence-electron chi connectivity index (χ4n) is 3.26. The fourth-order valence-corrected chi connectivity index (χ4v) is 3.26. The molecular formula is C21H19F3N6O3. The van der Waals surface area contributed by atoms with Gasteiger partial charge in [-0.05, 0) is 11.6 Å². The van der Waals surface area contributed by atoms with Crippen molar-refractivity contribution >= 4 is 23.6 Å². The van der Waals surface area contributed by atoms with E-state index in [0.717, 1.165) is 13.1 Å². The molecule has 1 saturated heterocycles. The summed E-state index contributed by atoms with van der Waals surface area (Å²) in [4.78, 5) is 21.7. The van der Waals surface area contributed by atoms with Gasteiger partial charge in [0.15, 0.2) is 23.1 Å². The van der Waals surface area contributed by atoms with E-state index in [1.165, 1.54) is 30.3 Å². The molecule has 0 aliphatic carbocycles. The van der Waals surface area contributed by atoms with Gasteiger partial charge in [0, 0.05) is 31.1 Å². The molecule has 1 aromatic carbocycles. The maximum Gasteiger partial charge on any atom is 0.357 e. The van der Waals surface area contributed by atoms with Gasteiger partial charge in [0.25, 0.3) is 5.92 Å². The number of carbonyl (C=O) groups is 1. The molecule has 0 amide bonds. The first-order chi connectivity index (χ1) is 15.7. The van der Waals surface area contributed by atoms with Crippen LogP contribution < -0.4 is 10.2 Å². The minimum Gasteiger partial charge on any atom is -0.476 e. The number of aromatic nitrogens is 4. The van der Waals surface area contributed by atoms with Crippen molar-refractivity contribution in [1.29, 1.82) is 0 Å². The predicted octanol–water partition coefficient (Wildman–Crippen LogP) is 3.46. The Bertz CT molecular complexity index is 1160. The van der Waals surface area contributed by atoms with Gasteiger partial charge in [-0.3, -0.25) is 0 Å². The molecule has 172 valence electrons. The normalized spacial score (nSPS) is 14.2. The number of morpholine rings is 1. The van der Waals surface area contributed by atoms with Crippen molar-refractivity contribution in [3.05, 3.63) is 53.6 Å². The van der Waals surface area contributed by atoms with E-state index in [1.807, 2.05) is 4.90 Å². The molecule has 12 heteroatoms.